The summed E-state index contributed by atoms with van der Waals surface area (Å²) in [5.41, 5.74) is 4.59. The summed E-state index contributed by atoms with van der Waals surface area (Å²) in [5, 5.41) is 0. The molecule has 0 unspecified atom stereocenters. The van der Waals surface area contributed by atoms with Crippen molar-refractivity contribution in [2.24, 2.45) is 0 Å². The molecule has 0 saturated carbocycles. The Morgan fingerprint density at radius 3 is 0.885 bits per heavy atom. The molecule has 0 aliphatic carbocycles. The van der Waals surface area contributed by atoms with E-state index in [0.717, 1.165) is 48.0 Å². The van der Waals surface area contributed by atoms with Gasteiger partial charge in [0.25, 0.3) is 0 Å². The first-order chi connectivity index (χ1) is 12.0. The summed E-state index contributed by atoms with van der Waals surface area (Å²) < 4.78 is 0. The van der Waals surface area contributed by atoms with Crippen molar-refractivity contribution in [1.82, 2.24) is 0 Å². The summed E-state index contributed by atoms with van der Waals surface area (Å²) in [6, 6.07) is 0. The van der Waals surface area contributed by atoms with Crippen molar-refractivity contribution in [1.29, 1.82) is 0 Å². The Hall–Kier alpha value is 0.847. The van der Waals surface area contributed by atoms with Crippen LogP contribution in [0.2, 0.25) is 0 Å². The first-order valence-electron chi connectivity index (χ1n) is 7.76. The summed E-state index contributed by atoms with van der Waals surface area (Å²) in [5.74, 6) is 0. The Kier molecular flexibility index (Phi) is 37.1. The van der Waals surface area contributed by atoms with Crippen molar-refractivity contribution in [2.45, 2.75) is 53.4 Å². The second-order valence-electron chi connectivity index (χ2n) is 5.52. The Morgan fingerprint density at radius 1 is 0.692 bits per heavy atom. The van der Waals surface area contributed by atoms with Crippen LogP contribution >= 0.6 is 19.4 Å². The Labute approximate surface area is 195 Å². The zero-order chi connectivity index (χ0) is 21.5. The van der Waals surface area contributed by atoms with E-state index >= 15 is 0 Å². The van der Waals surface area contributed by atoms with Crippen LogP contribution in [0.5, 0.6) is 0 Å². The van der Waals surface area contributed by atoms with Gasteiger partial charge in [-0.25, -0.2) is 74.3 Å². The van der Waals surface area contributed by atoms with E-state index < -0.39 is 13.0 Å². The molecule has 0 spiro atoms. The third kappa shape index (κ3) is 64.1. The molecule has 0 aliphatic rings. The zero-order valence-electron chi connectivity index (χ0n) is 16.2. The molecule has 0 aromatic carbocycles. The van der Waals surface area contributed by atoms with Gasteiger partial charge in [0.15, 0.2) is 0 Å². The summed E-state index contributed by atoms with van der Waals surface area (Å²) in [6.07, 6.45) is 12.9. The molecule has 0 aromatic rings. The zero-order valence-corrected chi connectivity index (χ0v) is 22.9. The monoisotopic (exact) mass is 618 g/mol. The third-order valence-electron chi connectivity index (χ3n) is 2.30. The number of unbranched alkanes of at least 4 members (excludes halogenated alkanes) is 2. The van der Waals surface area contributed by atoms with Gasteiger partial charge in [0.1, 0.15) is 0 Å². The fourth-order valence-electron chi connectivity index (χ4n) is 1.32. The first kappa shape index (κ1) is 34.4. The Balaban J connectivity index is -0.000000143. The van der Waals surface area contributed by atoms with E-state index in [1.807, 2.05) is 45.0 Å². The van der Waals surface area contributed by atoms with Crippen molar-refractivity contribution in [3.8, 4) is 0 Å². The summed E-state index contributed by atoms with van der Waals surface area (Å²) >= 11 is 0.291. The van der Waals surface area contributed by atoms with E-state index in [0.29, 0.717) is 0 Å². The van der Waals surface area contributed by atoms with Gasteiger partial charge < -0.3 is 0 Å². The van der Waals surface area contributed by atoms with Crippen LogP contribution in [-0.4, -0.2) is 0 Å². The predicted octanol–water partition coefficient (Wildman–Crippen LogP) is 7.49. The molecule has 26 heavy (non-hydrogen) atoms. The van der Waals surface area contributed by atoms with Crippen LogP contribution in [0.4, 0.5) is 0 Å². The first-order valence-corrected chi connectivity index (χ1v) is 17.1. The van der Waals surface area contributed by atoms with E-state index in [-0.39, 0.29) is 0 Å². The van der Waals surface area contributed by atoms with Gasteiger partial charge in [-0.15, -0.1) is 25.7 Å². The minimum absolute atomic E-state index is 1.09. The normalized spacial score (nSPS) is 12.6. The van der Waals surface area contributed by atoms with Gasteiger partial charge in [0.2, 0.25) is 0 Å². The van der Waals surface area contributed by atoms with Crippen LogP contribution in [0.25, 0.3) is 0 Å². The van der Waals surface area contributed by atoms with Gasteiger partial charge in [0, 0.05) is 0 Å². The molecule has 0 rings (SSSR count). The number of hydrogen-bond acceptors (Lipinski definition) is 0. The van der Waals surface area contributed by atoms with Crippen molar-refractivity contribution in [3.05, 3.63) is 74.3 Å². The predicted molar refractivity (Wildman–Crippen MR) is 109 cm³/mol. The van der Waals surface area contributed by atoms with E-state index in [9.17, 15) is 0 Å². The maximum atomic E-state index is 5.05. The molecule has 6 heteroatoms. The average molecular weight is 618 g/mol. The minimum atomic E-state index is -1.53. The molecule has 0 aromatic heterocycles. The molecule has 0 aliphatic heterocycles. The fourth-order valence-corrected chi connectivity index (χ4v) is 1.32. The molecule has 0 bridgehead atoms. The molecule has 0 saturated heterocycles. The van der Waals surface area contributed by atoms with Gasteiger partial charge in [-0.05, 0) is 0 Å². The van der Waals surface area contributed by atoms with Crippen molar-refractivity contribution in [3.63, 3.8) is 0 Å². The molecule has 0 atom stereocenters. The van der Waals surface area contributed by atoms with Crippen molar-refractivity contribution < 1.29 is 49.7 Å². The van der Waals surface area contributed by atoms with Gasteiger partial charge in [-0.2, -0.15) is 0 Å². The van der Waals surface area contributed by atoms with E-state index in [2.05, 4.69) is 81.1 Å². The summed E-state index contributed by atoms with van der Waals surface area (Å²) in [6.45, 7) is 23.2. The number of allylic oxidation sites excluding steroid dienone is 8. The SMILES string of the molecule is [CH2-]/C(C)=C/CC/C=C(\[CH2-])C.[CH2-]/C(C)=C/CC/C=C(\[CH2-])C.[Cl][Ru+].[Cl][Ru-]([ClH+])[ClH+]. The molecular formula is C20H34Cl4Ru2-2. The molecule has 0 heterocycles. The van der Waals surface area contributed by atoms with Crippen LogP contribution < -0.4 is 0 Å². The number of halogens is 4. The second kappa shape index (κ2) is 28.1. The van der Waals surface area contributed by atoms with Crippen LogP contribution in [-0.2, 0) is 30.3 Å². The van der Waals surface area contributed by atoms with E-state index in [1.165, 1.54) is 0 Å². The van der Waals surface area contributed by atoms with Gasteiger partial charge >= 0.3 is 69.1 Å². The summed E-state index contributed by atoms with van der Waals surface area (Å²) in [4.78, 5) is 0. The number of rotatable bonds is 6. The standard InChI is InChI=1S/2C10H16.4ClH.2Ru/c2*1-9(2)7-5-6-8-10(3)4;;;;;;/h2*7-8H,1,3,5-6H2,2,4H3;4*1H;;/q2*-2;;;;;2*+2/p-2/b2*9-7-,10-8+;;;;;;. The van der Waals surface area contributed by atoms with Crippen LogP contribution in [0, 0.1) is 47.1 Å². The van der Waals surface area contributed by atoms with Crippen molar-refractivity contribution in [2.75, 3.05) is 0 Å². The average Bonchev–Trinajstić information content (AvgIpc) is 2.49. The number of hydrogen-bond donors (Lipinski definition) is 0. The van der Waals surface area contributed by atoms with Crippen LogP contribution in [0.1, 0.15) is 53.4 Å². The molecule has 0 amide bonds. The molecule has 0 radical (unpaired) electrons. The molecular weight excluding hydrogens is 584 g/mol. The summed E-state index contributed by atoms with van der Waals surface area (Å²) in [7, 11) is 18.3. The third-order valence-corrected chi connectivity index (χ3v) is 2.30. The molecule has 0 fully saturated rings. The fraction of sp³-hybridized carbons (Fsp3) is 0.400. The molecule has 160 valence electrons. The second-order valence-corrected chi connectivity index (χ2v) is 14.3. The van der Waals surface area contributed by atoms with E-state index in [4.69, 9.17) is 9.69 Å². The van der Waals surface area contributed by atoms with Crippen LogP contribution in [0.3, 0.4) is 0 Å². The van der Waals surface area contributed by atoms with Crippen LogP contribution in [0.15, 0.2) is 46.6 Å². The molecule has 0 nitrogen and oxygen atoms in total. The van der Waals surface area contributed by atoms with E-state index in [1.54, 1.807) is 0 Å². The topological polar surface area (TPSA) is 0 Å². The quantitative estimate of drug-likeness (QED) is 0.165. The maximum absolute atomic E-state index is 5.05. The van der Waals surface area contributed by atoms with Gasteiger partial charge in [0.05, 0.1) is 0 Å². The molecule has 0 N–H and O–H groups in total. The van der Waals surface area contributed by atoms with Gasteiger partial charge in [-0.3, -0.25) is 0 Å². The van der Waals surface area contributed by atoms with Gasteiger partial charge in [-0.1, -0.05) is 27.7 Å². The Bertz CT molecular complexity index is 321. The Morgan fingerprint density at radius 2 is 0.808 bits per heavy atom. The van der Waals surface area contributed by atoms with Crippen molar-refractivity contribution >= 4 is 19.4 Å².